The number of thiophene rings is 1. The van der Waals surface area contributed by atoms with Crippen molar-refractivity contribution in [2.24, 2.45) is 0 Å². The van der Waals surface area contributed by atoms with Gasteiger partial charge in [-0.05, 0) is 41.6 Å². The molecule has 3 aromatic rings. The van der Waals surface area contributed by atoms with Crippen molar-refractivity contribution in [3.8, 4) is 5.75 Å². The van der Waals surface area contributed by atoms with Gasteiger partial charge in [-0.25, -0.2) is 0 Å². The van der Waals surface area contributed by atoms with E-state index in [0.29, 0.717) is 13.1 Å². The van der Waals surface area contributed by atoms with Gasteiger partial charge < -0.3 is 14.6 Å². The second-order valence-corrected chi connectivity index (χ2v) is 6.34. The lowest BCUT2D eigenvalue weighted by atomic mass is 10.2. The fourth-order valence-corrected chi connectivity index (χ4v) is 3.40. The number of nitrogens with zero attached hydrogens (tertiary/aromatic N) is 1. The van der Waals surface area contributed by atoms with Gasteiger partial charge in [0.05, 0.1) is 17.3 Å². The largest absolute Gasteiger partial charge is 0.497 e. The maximum atomic E-state index is 12.4. The van der Waals surface area contributed by atoms with Gasteiger partial charge in [-0.1, -0.05) is 19.1 Å². The summed E-state index contributed by atoms with van der Waals surface area (Å²) < 4.78 is 8.42. The Morgan fingerprint density at radius 2 is 2.04 bits per heavy atom. The highest BCUT2D eigenvalue weighted by atomic mass is 32.1. The summed E-state index contributed by atoms with van der Waals surface area (Å²) in [7, 11) is 1.66. The molecular weight excluding hydrogens is 308 g/mol. The molecule has 2 aromatic heterocycles. The van der Waals surface area contributed by atoms with Crippen LogP contribution in [0.4, 0.5) is 0 Å². The van der Waals surface area contributed by atoms with Crippen LogP contribution in [0, 0.1) is 0 Å². The third-order valence-electron chi connectivity index (χ3n) is 3.79. The SMILES string of the molecule is CCCNC(=O)c1cc2sccc2n1Cc1ccc(OC)cc1. The predicted octanol–water partition coefficient (Wildman–Crippen LogP) is 3.90. The third-order valence-corrected chi connectivity index (χ3v) is 4.64. The Bertz CT molecular complexity index is 802. The summed E-state index contributed by atoms with van der Waals surface area (Å²) in [4.78, 5) is 12.4. The first-order chi connectivity index (χ1) is 11.2. The molecule has 1 aromatic carbocycles. The van der Waals surface area contributed by atoms with Crippen molar-refractivity contribution in [1.29, 1.82) is 0 Å². The van der Waals surface area contributed by atoms with Crippen molar-refractivity contribution in [1.82, 2.24) is 9.88 Å². The molecule has 5 heteroatoms. The molecule has 120 valence electrons. The van der Waals surface area contributed by atoms with Crippen molar-refractivity contribution in [3.63, 3.8) is 0 Å². The summed E-state index contributed by atoms with van der Waals surface area (Å²) in [6.45, 7) is 3.41. The molecule has 0 saturated carbocycles. The molecule has 2 heterocycles. The van der Waals surface area contributed by atoms with Gasteiger partial charge >= 0.3 is 0 Å². The van der Waals surface area contributed by atoms with Crippen LogP contribution in [0.1, 0.15) is 29.4 Å². The van der Waals surface area contributed by atoms with Crippen LogP contribution < -0.4 is 10.1 Å². The Morgan fingerprint density at radius 1 is 1.26 bits per heavy atom. The minimum absolute atomic E-state index is 0.0104. The summed E-state index contributed by atoms with van der Waals surface area (Å²) in [6.07, 6.45) is 0.930. The molecule has 0 radical (unpaired) electrons. The molecule has 1 amide bonds. The lowest BCUT2D eigenvalue weighted by Gasteiger charge is -2.11. The van der Waals surface area contributed by atoms with Gasteiger partial charge in [-0.15, -0.1) is 11.3 Å². The fraction of sp³-hybridized carbons (Fsp3) is 0.278. The summed E-state index contributed by atoms with van der Waals surface area (Å²) in [5.41, 5.74) is 2.96. The molecule has 0 atom stereocenters. The summed E-state index contributed by atoms with van der Waals surface area (Å²) in [5.74, 6) is 0.826. The maximum absolute atomic E-state index is 12.4. The Morgan fingerprint density at radius 3 is 2.74 bits per heavy atom. The third kappa shape index (κ3) is 3.24. The van der Waals surface area contributed by atoms with Crippen LogP contribution in [0.25, 0.3) is 10.2 Å². The molecule has 23 heavy (non-hydrogen) atoms. The van der Waals surface area contributed by atoms with Crippen LogP contribution in [0.2, 0.25) is 0 Å². The van der Waals surface area contributed by atoms with Crippen LogP contribution >= 0.6 is 11.3 Å². The van der Waals surface area contributed by atoms with Crippen LogP contribution in [0.3, 0.4) is 0 Å². The molecule has 0 saturated heterocycles. The quantitative estimate of drug-likeness (QED) is 0.746. The Labute approximate surface area is 139 Å². The number of methoxy groups -OCH3 is 1. The summed E-state index contributed by atoms with van der Waals surface area (Å²) >= 11 is 1.66. The van der Waals surface area contributed by atoms with E-state index in [0.717, 1.165) is 33.6 Å². The Hall–Kier alpha value is -2.27. The zero-order valence-electron chi connectivity index (χ0n) is 13.3. The van der Waals surface area contributed by atoms with E-state index in [1.165, 1.54) is 0 Å². The molecule has 0 aliphatic carbocycles. The predicted molar refractivity (Wildman–Crippen MR) is 94.5 cm³/mol. The fourth-order valence-electron chi connectivity index (χ4n) is 2.58. The minimum Gasteiger partial charge on any atom is -0.497 e. The van der Waals surface area contributed by atoms with Gasteiger partial charge in [-0.2, -0.15) is 0 Å². The smallest absolute Gasteiger partial charge is 0.267 e. The first-order valence-corrected chi connectivity index (χ1v) is 8.58. The van der Waals surface area contributed by atoms with Gasteiger partial charge in [-0.3, -0.25) is 4.79 Å². The van der Waals surface area contributed by atoms with Crippen molar-refractivity contribution in [2.45, 2.75) is 19.9 Å². The van der Waals surface area contributed by atoms with Gasteiger partial charge in [0.1, 0.15) is 11.4 Å². The van der Waals surface area contributed by atoms with Crippen molar-refractivity contribution >= 4 is 27.5 Å². The number of fused-ring (bicyclic) bond motifs is 1. The van der Waals surface area contributed by atoms with Crippen LogP contribution in [-0.4, -0.2) is 24.1 Å². The number of aromatic nitrogens is 1. The van der Waals surface area contributed by atoms with Gasteiger partial charge in [0.15, 0.2) is 0 Å². The number of carbonyl (C=O) groups is 1. The van der Waals surface area contributed by atoms with Crippen LogP contribution in [-0.2, 0) is 6.54 Å². The number of carbonyl (C=O) groups excluding carboxylic acids is 1. The number of hydrogen-bond donors (Lipinski definition) is 1. The Balaban J connectivity index is 1.93. The van der Waals surface area contributed by atoms with Crippen molar-refractivity contribution in [2.75, 3.05) is 13.7 Å². The van der Waals surface area contributed by atoms with Crippen LogP contribution in [0.15, 0.2) is 41.8 Å². The molecule has 3 rings (SSSR count). The van der Waals surface area contributed by atoms with E-state index >= 15 is 0 Å². The van der Waals surface area contributed by atoms with E-state index in [9.17, 15) is 4.79 Å². The molecule has 0 fully saturated rings. The second-order valence-electron chi connectivity index (χ2n) is 5.39. The lowest BCUT2D eigenvalue weighted by molar-refractivity contribution is 0.0945. The zero-order chi connectivity index (χ0) is 16.2. The van der Waals surface area contributed by atoms with Gasteiger partial charge in [0, 0.05) is 13.1 Å². The van der Waals surface area contributed by atoms with E-state index in [2.05, 4.69) is 28.3 Å². The molecule has 0 unspecified atom stereocenters. The summed E-state index contributed by atoms with van der Waals surface area (Å²) in [6, 6.07) is 12.0. The minimum atomic E-state index is -0.0104. The molecule has 1 N–H and O–H groups in total. The standard InChI is InChI=1S/C18H20N2O2S/c1-3-9-19-18(21)16-11-17-15(8-10-23-17)20(16)12-13-4-6-14(22-2)7-5-13/h4-8,10-11H,3,9,12H2,1-2H3,(H,19,21). The topological polar surface area (TPSA) is 43.3 Å². The number of rotatable bonds is 6. The van der Waals surface area contributed by atoms with E-state index < -0.39 is 0 Å². The van der Waals surface area contributed by atoms with E-state index in [1.54, 1.807) is 18.4 Å². The van der Waals surface area contributed by atoms with E-state index in [-0.39, 0.29) is 5.91 Å². The first kappa shape index (κ1) is 15.6. The molecule has 0 aliphatic heterocycles. The van der Waals surface area contributed by atoms with E-state index in [1.807, 2.05) is 30.3 Å². The van der Waals surface area contributed by atoms with E-state index in [4.69, 9.17) is 4.74 Å². The van der Waals surface area contributed by atoms with Crippen molar-refractivity contribution < 1.29 is 9.53 Å². The number of amides is 1. The number of benzene rings is 1. The average Bonchev–Trinajstić information content (AvgIpc) is 3.16. The van der Waals surface area contributed by atoms with Gasteiger partial charge in [0.25, 0.3) is 5.91 Å². The number of hydrogen-bond acceptors (Lipinski definition) is 3. The number of ether oxygens (including phenoxy) is 1. The molecule has 0 spiro atoms. The van der Waals surface area contributed by atoms with Gasteiger partial charge in [0.2, 0.25) is 0 Å². The highest BCUT2D eigenvalue weighted by molar-refractivity contribution is 7.17. The highest BCUT2D eigenvalue weighted by Gasteiger charge is 2.16. The molecule has 0 bridgehead atoms. The van der Waals surface area contributed by atoms with Crippen molar-refractivity contribution in [3.05, 3.63) is 53.0 Å². The first-order valence-electron chi connectivity index (χ1n) is 7.70. The summed E-state index contributed by atoms with van der Waals surface area (Å²) in [5, 5.41) is 5.03. The average molecular weight is 328 g/mol. The maximum Gasteiger partial charge on any atom is 0.267 e. The molecule has 0 aliphatic rings. The highest BCUT2D eigenvalue weighted by Crippen LogP contribution is 2.26. The lowest BCUT2D eigenvalue weighted by Crippen LogP contribution is -2.26. The normalized spacial score (nSPS) is 10.9. The number of nitrogens with one attached hydrogen (secondary N) is 1. The van der Waals surface area contributed by atoms with Crippen LogP contribution in [0.5, 0.6) is 5.75 Å². The zero-order valence-corrected chi connectivity index (χ0v) is 14.2. The monoisotopic (exact) mass is 328 g/mol. The molecular formula is C18H20N2O2S. The second kappa shape index (κ2) is 6.87. The Kier molecular flexibility index (Phi) is 4.67. The molecule has 4 nitrogen and oxygen atoms in total.